The van der Waals surface area contributed by atoms with Gasteiger partial charge in [-0.25, -0.2) is 0 Å². The fraction of sp³-hybridized carbons (Fsp3) is 0.727. The van der Waals surface area contributed by atoms with Crippen molar-refractivity contribution in [3.05, 3.63) is 16.4 Å². The Morgan fingerprint density at radius 2 is 2.24 bits per heavy atom. The molecule has 0 atom stereocenters. The van der Waals surface area contributed by atoms with Crippen LogP contribution in [-0.4, -0.2) is 27.3 Å². The maximum atomic E-state index is 10.6. The topological polar surface area (TPSA) is 38.1 Å². The van der Waals surface area contributed by atoms with Gasteiger partial charge in [0.25, 0.3) is 5.75 Å². The number of hydrogen-bond donors (Lipinski definition) is 0. The molecule has 2 heterocycles. The summed E-state index contributed by atoms with van der Waals surface area (Å²) in [7, 11) is 0. The largest absolute Gasteiger partial charge is 0.465 e. The van der Waals surface area contributed by atoms with E-state index in [-0.39, 0.29) is 0 Å². The molecule has 94 valence electrons. The molecule has 0 unspecified atom stereocenters. The fourth-order valence-electron chi connectivity index (χ4n) is 2.15. The van der Waals surface area contributed by atoms with Gasteiger partial charge in [-0.3, -0.25) is 9.58 Å². The average molecular weight is 275 g/mol. The van der Waals surface area contributed by atoms with Crippen molar-refractivity contribution in [2.45, 2.75) is 45.2 Å². The number of aromatic nitrogens is 2. The molecule has 1 aromatic rings. The summed E-state index contributed by atoms with van der Waals surface area (Å²) in [6.45, 7) is 7.17. The first-order valence-electron chi connectivity index (χ1n) is 5.86. The van der Waals surface area contributed by atoms with Crippen LogP contribution < -0.4 is 0 Å². The molecular formula is C11H17ClN3OS+. The summed E-state index contributed by atoms with van der Waals surface area (Å²) in [6.07, 6.45) is 1.08. The van der Waals surface area contributed by atoms with Gasteiger partial charge in [-0.1, -0.05) is 11.6 Å². The lowest BCUT2D eigenvalue weighted by molar-refractivity contribution is 0.216. The van der Waals surface area contributed by atoms with Crippen LogP contribution in [0.15, 0.2) is 0 Å². The summed E-state index contributed by atoms with van der Waals surface area (Å²) in [6, 6.07) is 0.504. The predicted molar refractivity (Wildman–Crippen MR) is 69.2 cm³/mol. The third-order valence-corrected chi connectivity index (χ3v) is 3.98. The minimum Gasteiger partial charge on any atom is -0.295 e. The highest BCUT2D eigenvalue weighted by atomic mass is 35.5. The summed E-state index contributed by atoms with van der Waals surface area (Å²) in [5.41, 5.74) is 1.79. The van der Waals surface area contributed by atoms with Gasteiger partial charge in [0.1, 0.15) is 5.69 Å². The number of rotatable bonds is 3. The van der Waals surface area contributed by atoms with E-state index < -0.39 is 0 Å². The van der Waals surface area contributed by atoms with Crippen molar-refractivity contribution in [3.8, 4) is 0 Å². The van der Waals surface area contributed by atoms with Crippen LogP contribution in [0.2, 0.25) is 5.02 Å². The van der Waals surface area contributed by atoms with Gasteiger partial charge in [0.15, 0.2) is 0 Å². The van der Waals surface area contributed by atoms with E-state index >= 15 is 0 Å². The molecule has 0 spiro atoms. The van der Waals surface area contributed by atoms with Gasteiger partial charge in [0.2, 0.25) is 0 Å². The highest BCUT2D eigenvalue weighted by molar-refractivity contribution is 7.64. The van der Waals surface area contributed by atoms with E-state index in [0.29, 0.717) is 28.5 Å². The number of nitrogens with zero attached hydrogens (tertiary/aromatic N) is 3. The van der Waals surface area contributed by atoms with Crippen LogP contribution in [0.1, 0.15) is 31.7 Å². The van der Waals surface area contributed by atoms with Crippen molar-refractivity contribution in [3.63, 3.8) is 0 Å². The minimum absolute atomic E-state index is 0.348. The van der Waals surface area contributed by atoms with E-state index in [1.807, 2.05) is 4.68 Å². The monoisotopic (exact) mass is 274 g/mol. The van der Waals surface area contributed by atoms with Crippen molar-refractivity contribution < 1.29 is 4.21 Å². The molecule has 0 bridgehead atoms. The van der Waals surface area contributed by atoms with Crippen LogP contribution in [0.5, 0.6) is 0 Å². The molecule has 1 aliphatic heterocycles. The van der Waals surface area contributed by atoms with Crippen LogP contribution in [0.4, 0.5) is 0 Å². The summed E-state index contributed by atoms with van der Waals surface area (Å²) in [4.78, 5) is 2.39. The number of hydrogen-bond acceptors (Lipinski definition) is 3. The first-order valence-corrected chi connectivity index (χ1v) is 7.15. The van der Waals surface area contributed by atoms with E-state index in [2.05, 4.69) is 23.8 Å². The zero-order valence-electron chi connectivity index (χ0n) is 10.1. The molecule has 0 aliphatic carbocycles. The number of aryl methyl sites for hydroxylation is 1. The zero-order chi connectivity index (χ0) is 12.4. The van der Waals surface area contributed by atoms with Gasteiger partial charge in [-0.2, -0.15) is 5.10 Å². The summed E-state index contributed by atoms with van der Waals surface area (Å²) >= 11 is 6.82. The second-order valence-electron chi connectivity index (χ2n) is 4.61. The lowest BCUT2D eigenvalue weighted by Crippen LogP contribution is -2.30. The summed E-state index contributed by atoms with van der Waals surface area (Å²) < 4.78 is 12.6. The minimum atomic E-state index is 0.348. The third-order valence-electron chi connectivity index (χ3n) is 3.15. The summed E-state index contributed by atoms with van der Waals surface area (Å²) in [5.74, 6) is 0.348. The van der Waals surface area contributed by atoms with Crippen molar-refractivity contribution in [1.29, 1.82) is 0 Å². The van der Waals surface area contributed by atoms with E-state index in [9.17, 15) is 4.21 Å². The van der Waals surface area contributed by atoms with Crippen LogP contribution in [0, 0.1) is 0 Å². The predicted octanol–water partition coefficient (Wildman–Crippen LogP) is 2.08. The lowest BCUT2D eigenvalue weighted by Gasteiger charge is -2.23. The maximum absolute atomic E-state index is 10.6. The van der Waals surface area contributed by atoms with E-state index in [1.54, 1.807) is 0 Å². The third kappa shape index (κ3) is 2.67. The van der Waals surface area contributed by atoms with Gasteiger partial charge >= 0.3 is 11.7 Å². The van der Waals surface area contributed by atoms with Crippen molar-refractivity contribution in [2.24, 2.45) is 0 Å². The van der Waals surface area contributed by atoms with E-state index in [0.717, 1.165) is 37.4 Å². The Balaban J connectivity index is 2.30. The standard InChI is InChI=1S/C11H17ClN3OS/c1-8(2)14-4-3-5-15-10(6-14)11(12)9(13-15)7-17-16/h8H,3-7H2,1-2H3/q+1. The van der Waals surface area contributed by atoms with Crippen LogP contribution in [0.3, 0.4) is 0 Å². The molecule has 0 fully saturated rings. The Morgan fingerprint density at radius 1 is 1.47 bits per heavy atom. The fourth-order valence-corrected chi connectivity index (χ4v) is 2.80. The molecule has 0 aromatic carbocycles. The number of halogens is 1. The van der Waals surface area contributed by atoms with Gasteiger partial charge in [-0.05, 0) is 20.3 Å². The molecule has 2 rings (SSSR count). The van der Waals surface area contributed by atoms with Crippen molar-refractivity contribution in [2.75, 3.05) is 6.54 Å². The molecule has 0 amide bonds. The molecule has 1 aromatic heterocycles. The second kappa shape index (κ2) is 5.42. The summed E-state index contributed by atoms with van der Waals surface area (Å²) in [5, 5.41) is 5.11. The molecule has 6 heteroatoms. The van der Waals surface area contributed by atoms with Gasteiger partial charge in [0.05, 0.1) is 10.7 Å². The van der Waals surface area contributed by atoms with Crippen molar-refractivity contribution >= 4 is 23.3 Å². The molecule has 0 radical (unpaired) electrons. The molecule has 1 aliphatic rings. The van der Waals surface area contributed by atoms with Gasteiger partial charge < -0.3 is 0 Å². The zero-order valence-corrected chi connectivity index (χ0v) is 11.7. The van der Waals surface area contributed by atoms with Crippen LogP contribution in [0.25, 0.3) is 0 Å². The number of fused-ring (bicyclic) bond motifs is 1. The normalized spacial score (nSPS) is 16.9. The second-order valence-corrected chi connectivity index (χ2v) is 5.51. The highest BCUT2D eigenvalue weighted by Gasteiger charge is 2.24. The molecule has 17 heavy (non-hydrogen) atoms. The molecular weight excluding hydrogens is 258 g/mol. The molecule has 0 saturated carbocycles. The molecule has 0 N–H and O–H groups in total. The average Bonchev–Trinajstić information content (AvgIpc) is 2.50. The van der Waals surface area contributed by atoms with E-state index in [4.69, 9.17) is 11.6 Å². The lowest BCUT2D eigenvalue weighted by atomic mass is 10.2. The smallest absolute Gasteiger partial charge is 0.295 e. The first-order chi connectivity index (χ1) is 8.13. The van der Waals surface area contributed by atoms with Gasteiger partial charge in [0, 0.05) is 29.9 Å². The Bertz CT molecular complexity index is 419. The van der Waals surface area contributed by atoms with E-state index in [1.165, 1.54) is 0 Å². The Hall–Kier alpha value is -0.520. The Labute approximate surface area is 110 Å². The quantitative estimate of drug-likeness (QED) is 0.792. The molecule has 4 nitrogen and oxygen atoms in total. The SMILES string of the molecule is CC(C)N1CCCn2nc(C[S+]=O)c(Cl)c2C1. The molecule has 0 saturated heterocycles. The maximum Gasteiger partial charge on any atom is 0.465 e. The Morgan fingerprint density at radius 3 is 2.88 bits per heavy atom. The van der Waals surface area contributed by atoms with Crippen LogP contribution in [-0.2, 0) is 34.7 Å². The first kappa shape index (κ1) is 12.9. The van der Waals surface area contributed by atoms with Crippen molar-refractivity contribution in [1.82, 2.24) is 14.7 Å². The van der Waals surface area contributed by atoms with Gasteiger partial charge in [-0.15, -0.1) is 0 Å². The Kier molecular flexibility index (Phi) is 4.12. The highest BCUT2D eigenvalue weighted by Crippen LogP contribution is 2.25. The van der Waals surface area contributed by atoms with Crippen LogP contribution >= 0.6 is 11.6 Å².